The van der Waals surface area contributed by atoms with Crippen LogP contribution >= 0.6 is 0 Å². The molecule has 158 valence electrons. The number of H-pyrrole nitrogens is 1. The highest BCUT2D eigenvalue weighted by Gasteiger charge is 2.25. The monoisotopic (exact) mass is 417 g/mol. The number of benzene rings is 2. The van der Waals surface area contributed by atoms with E-state index < -0.39 is 0 Å². The lowest BCUT2D eigenvalue weighted by Gasteiger charge is -2.06. The lowest BCUT2D eigenvalue weighted by Crippen LogP contribution is -2.10. The molecule has 4 N–H and O–H groups in total. The van der Waals surface area contributed by atoms with E-state index in [0.717, 1.165) is 46.4 Å². The first kappa shape index (κ1) is 19.7. The van der Waals surface area contributed by atoms with Crippen LogP contribution in [0.5, 0.6) is 0 Å². The molecular weight excluding hydrogens is 393 g/mol. The Bertz CT molecular complexity index is 1200. The maximum atomic E-state index is 14.8. The number of aliphatic hydroxyl groups is 1. The highest BCUT2D eigenvalue weighted by Crippen LogP contribution is 2.29. The number of aromatic nitrogens is 2. The van der Waals surface area contributed by atoms with Crippen molar-refractivity contribution in [3.63, 3.8) is 0 Å². The van der Waals surface area contributed by atoms with Gasteiger partial charge in [0.2, 0.25) is 0 Å². The zero-order valence-corrected chi connectivity index (χ0v) is 17.0. The van der Waals surface area contributed by atoms with Crippen molar-refractivity contribution in [2.75, 3.05) is 18.9 Å². The summed E-state index contributed by atoms with van der Waals surface area (Å²) in [4.78, 5) is 7.87. The minimum absolute atomic E-state index is 0.0520. The fourth-order valence-corrected chi connectivity index (χ4v) is 4.26. The second-order valence-corrected chi connectivity index (χ2v) is 8.19. The van der Waals surface area contributed by atoms with Crippen LogP contribution < -0.4 is 5.73 Å². The third kappa shape index (κ3) is 4.04. The van der Waals surface area contributed by atoms with Crippen molar-refractivity contribution in [2.45, 2.75) is 18.9 Å². The molecule has 2 aromatic carbocycles. The fraction of sp³-hybridized carbons (Fsp3) is 0.240. The lowest BCUT2D eigenvalue weighted by molar-refractivity contribution is 0.0573. The molecule has 0 amide bonds. The number of nitrogen functional groups attached to an aromatic ring is 1. The normalized spacial score (nSPS) is 18.6. The SMILES string of the molecule is Nc1ccc(-c2ccc(-c3nc4cc(CC5COC(CO)C5)[nH]c4cc3F)cc2)cc1. The van der Waals surface area contributed by atoms with Crippen LogP contribution in [0, 0.1) is 11.7 Å². The van der Waals surface area contributed by atoms with Gasteiger partial charge in [-0.25, -0.2) is 9.37 Å². The minimum atomic E-state index is -0.356. The molecular formula is C25H24FN3O2. The Morgan fingerprint density at radius 2 is 1.71 bits per heavy atom. The van der Waals surface area contributed by atoms with Crippen molar-refractivity contribution in [1.29, 1.82) is 0 Å². The number of aromatic amines is 1. The van der Waals surface area contributed by atoms with Gasteiger partial charge in [-0.3, -0.25) is 0 Å². The van der Waals surface area contributed by atoms with E-state index in [1.54, 1.807) is 0 Å². The summed E-state index contributed by atoms with van der Waals surface area (Å²) in [7, 11) is 0. The van der Waals surface area contributed by atoms with Crippen molar-refractivity contribution in [3.8, 4) is 22.4 Å². The molecule has 5 rings (SSSR count). The zero-order valence-electron chi connectivity index (χ0n) is 17.0. The number of hydrogen-bond acceptors (Lipinski definition) is 4. The summed E-state index contributed by atoms with van der Waals surface area (Å²) in [5.74, 6) is -0.0129. The van der Waals surface area contributed by atoms with E-state index >= 15 is 0 Å². The minimum Gasteiger partial charge on any atom is -0.399 e. The zero-order chi connectivity index (χ0) is 21.4. The molecule has 4 aromatic rings. The van der Waals surface area contributed by atoms with Gasteiger partial charge in [-0.05, 0) is 48.1 Å². The van der Waals surface area contributed by atoms with Crippen molar-refractivity contribution < 1.29 is 14.2 Å². The first-order valence-corrected chi connectivity index (χ1v) is 10.5. The molecule has 0 radical (unpaired) electrons. The van der Waals surface area contributed by atoms with Crippen LogP contribution in [0.1, 0.15) is 12.1 Å². The molecule has 1 aliphatic rings. The Morgan fingerprint density at radius 3 is 2.39 bits per heavy atom. The number of hydrogen-bond donors (Lipinski definition) is 3. The molecule has 2 atom stereocenters. The summed E-state index contributed by atoms with van der Waals surface area (Å²) in [6.07, 6.45) is 1.55. The maximum Gasteiger partial charge on any atom is 0.151 e. The maximum absolute atomic E-state index is 14.8. The standard InChI is InChI=1S/C25H24FN3O2/c26-22-12-24-23(11-20(28-24)9-15-10-21(13-30)31-14-15)29-25(22)18-3-1-16(2-4-18)17-5-7-19(27)8-6-17/h1-8,11-12,15,21,28,30H,9-10,13-14,27H2. The molecule has 2 aromatic heterocycles. The van der Waals surface area contributed by atoms with E-state index in [-0.39, 0.29) is 18.5 Å². The molecule has 2 unspecified atom stereocenters. The average Bonchev–Trinajstić information content (AvgIpc) is 3.40. The van der Waals surface area contributed by atoms with Gasteiger partial charge in [0.05, 0.1) is 30.4 Å². The Hall–Kier alpha value is -3.22. The Balaban J connectivity index is 1.39. The number of aliphatic hydroxyl groups excluding tert-OH is 1. The summed E-state index contributed by atoms with van der Waals surface area (Å²) >= 11 is 0. The van der Waals surface area contributed by atoms with Gasteiger partial charge in [0.15, 0.2) is 5.82 Å². The van der Waals surface area contributed by atoms with E-state index in [2.05, 4.69) is 9.97 Å². The molecule has 1 fully saturated rings. The number of pyridine rings is 1. The summed E-state index contributed by atoms with van der Waals surface area (Å²) in [6, 6.07) is 18.9. The van der Waals surface area contributed by atoms with E-state index in [9.17, 15) is 9.50 Å². The number of nitrogens with two attached hydrogens (primary N) is 1. The van der Waals surface area contributed by atoms with Crippen LogP contribution in [-0.4, -0.2) is 34.4 Å². The molecule has 31 heavy (non-hydrogen) atoms. The molecule has 6 heteroatoms. The third-order valence-corrected chi connectivity index (χ3v) is 5.89. The van der Waals surface area contributed by atoms with Crippen molar-refractivity contribution in [3.05, 3.63) is 72.2 Å². The molecule has 3 heterocycles. The summed E-state index contributed by atoms with van der Waals surface area (Å²) in [5, 5.41) is 9.24. The molecule has 0 spiro atoms. The third-order valence-electron chi connectivity index (χ3n) is 5.89. The summed E-state index contributed by atoms with van der Waals surface area (Å²) in [5.41, 5.74) is 12.1. The molecule has 0 bridgehead atoms. The van der Waals surface area contributed by atoms with E-state index in [4.69, 9.17) is 10.5 Å². The van der Waals surface area contributed by atoms with Gasteiger partial charge in [0.25, 0.3) is 0 Å². The molecule has 0 aliphatic carbocycles. The number of ether oxygens (including phenoxy) is 1. The van der Waals surface area contributed by atoms with Crippen molar-refractivity contribution in [2.24, 2.45) is 5.92 Å². The molecule has 1 saturated heterocycles. The topological polar surface area (TPSA) is 84.2 Å². The van der Waals surface area contributed by atoms with Crippen molar-refractivity contribution >= 4 is 16.7 Å². The number of nitrogens with one attached hydrogen (secondary N) is 1. The van der Waals surface area contributed by atoms with Gasteiger partial charge < -0.3 is 20.6 Å². The van der Waals surface area contributed by atoms with Crippen LogP contribution in [-0.2, 0) is 11.2 Å². The number of fused-ring (bicyclic) bond motifs is 1. The van der Waals surface area contributed by atoms with E-state index in [0.29, 0.717) is 23.7 Å². The van der Waals surface area contributed by atoms with Gasteiger partial charge >= 0.3 is 0 Å². The first-order valence-electron chi connectivity index (χ1n) is 10.5. The fourth-order valence-electron chi connectivity index (χ4n) is 4.26. The highest BCUT2D eigenvalue weighted by molar-refractivity contribution is 5.80. The van der Waals surface area contributed by atoms with Crippen LogP contribution in [0.4, 0.5) is 10.1 Å². The Kier molecular flexibility index (Phi) is 5.18. The molecule has 0 saturated carbocycles. The Labute approximate surface area is 179 Å². The lowest BCUT2D eigenvalue weighted by atomic mass is 10.0. The van der Waals surface area contributed by atoms with Gasteiger partial charge in [-0.2, -0.15) is 0 Å². The van der Waals surface area contributed by atoms with E-state index in [1.807, 2.05) is 54.6 Å². The molecule has 1 aliphatic heterocycles. The van der Waals surface area contributed by atoms with Crippen LogP contribution in [0.25, 0.3) is 33.4 Å². The quantitative estimate of drug-likeness (QED) is 0.416. The number of rotatable bonds is 5. The smallest absolute Gasteiger partial charge is 0.151 e. The summed E-state index contributed by atoms with van der Waals surface area (Å²) < 4.78 is 20.4. The van der Waals surface area contributed by atoms with Gasteiger partial charge in [-0.15, -0.1) is 0 Å². The second-order valence-electron chi connectivity index (χ2n) is 8.19. The van der Waals surface area contributed by atoms with Gasteiger partial charge in [-0.1, -0.05) is 36.4 Å². The first-order chi connectivity index (χ1) is 15.1. The summed E-state index contributed by atoms with van der Waals surface area (Å²) in [6.45, 7) is 0.685. The number of anilines is 1. The van der Waals surface area contributed by atoms with Crippen molar-refractivity contribution in [1.82, 2.24) is 9.97 Å². The van der Waals surface area contributed by atoms with Gasteiger partial charge in [0.1, 0.15) is 5.69 Å². The van der Waals surface area contributed by atoms with Crippen LogP contribution in [0.3, 0.4) is 0 Å². The van der Waals surface area contributed by atoms with Gasteiger partial charge in [0, 0.05) is 23.0 Å². The van der Waals surface area contributed by atoms with E-state index in [1.165, 1.54) is 6.07 Å². The predicted molar refractivity (Wildman–Crippen MR) is 120 cm³/mol. The second kappa shape index (κ2) is 8.13. The largest absolute Gasteiger partial charge is 0.399 e. The predicted octanol–water partition coefficient (Wildman–Crippen LogP) is 4.56. The number of nitrogens with zero attached hydrogens (tertiary/aromatic N) is 1. The van der Waals surface area contributed by atoms with Crippen LogP contribution in [0.2, 0.25) is 0 Å². The molecule has 5 nitrogen and oxygen atoms in total. The Morgan fingerprint density at radius 1 is 1.03 bits per heavy atom. The average molecular weight is 417 g/mol. The number of halogens is 1. The van der Waals surface area contributed by atoms with Crippen LogP contribution in [0.15, 0.2) is 60.7 Å². The highest BCUT2D eigenvalue weighted by atomic mass is 19.1.